The van der Waals surface area contributed by atoms with Gasteiger partial charge in [0.2, 0.25) is 0 Å². The number of rotatable bonds is 7. The van der Waals surface area contributed by atoms with E-state index in [2.05, 4.69) is 10.2 Å². The topological polar surface area (TPSA) is 65.1 Å². The zero-order valence-corrected chi connectivity index (χ0v) is 21.7. The van der Waals surface area contributed by atoms with Crippen molar-refractivity contribution >= 4 is 29.1 Å². The van der Waals surface area contributed by atoms with Crippen LogP contribution in [0.15, 0.2) is 72.8 Å². The summed E-state index contributed by atoms with van der Waals surface area (Å²) in [7, 11) is 1.57. The molecule has 0 aliphatic carbocycles. The number of piperazine rings is 1. The monoisotopic (exact) mass is 518 g/mol. The Morgan fingerprint density at radius 3 is 2.19 bits per heavy atom. The molecule has 0 atom stereocenters. The molecule has 0 saturated carbocycles. The molecule has 2 aliphatic heterocycles. The molecule has 0 radical (unpaired) electrons. The number of nitrogens with zero attached hydrogens (tertiary/aromatic N) is 3. The molecule has 7 nitrogen and oxygen atoms in total. The standard InChI is InChI=1S/C29H31ClN4O3/c1-37-27-17-26(31-18-21-8-4-2-5-9-21)25(30)16-24(27)29(36)34-19-23(20-34)32-12-14-33(15-13-32)28(35)22-10-6-3-7-11-22/h2-11,16-17,23,31H,12-15,18-20H2,1H3. The minimum atomic E-state index is -0.0810. The van der Waals surface area contributed by atoms with Crippen molar-refractivity contribution in [2.75, 3.05) is 51.7 Å². The first-order chi connectivity index (χ1) is 18.0. The molecule has 2 heterocycles. The Labute approximate surface area is 222 Å². The van der Waals surface area contributed by atoms with Crippen molar-refractivity contribution in [3.8, 4) is 5.75 Å². The van der Waals surface area contributed by atoms with E-state index in [0.29, 0.717) is 55.1 Å². The highest BCUT2D eigenvalue weighted by atomic mass is 35.5. The molecule has 2 fully saturated rings. The molecule has 37 heavy (non-hydrogen) atoms. The van der Waals surface area contributed by atoms with Gasteiger partial charge in [-0.1, -0.05) is 60.1 Å². The highest BCUT2D eigenvalue weighted by Gasteiger charge is 2.38. The number of benzene rings is 3. The maximum atomic E-state index is 13.3. The Balaban J connectivity index is 1.15. The third-order valence-corrected chi connectivity index (χ3v) is 7.45. The fourth-order valence-corrected chi connectivity index (χ4v) is 5.12. The van der Waals surface area contributed by atoms with Gasteiger partial charge in [0.1, 0.15) is 5.75 Å². The number of methoxy groups -OCH3 is 1. The van der Waals surface area contributed by atoms with E-state index < -0.39 is 0 Å². The zero-order chi connectivity index (χ0) is 25.8. The van der Waals surface area contributed by atoms with Crippen LogP contribution in [-0.4, -0.2) is 78.9 Å². The van der Waals surface area contributed by atoms with Gasteiger partial charge in [-0.2, -0.15) is 0 Å². The van der Waals surface area contributed by atoms with Crippen LogP contribution in [-0.2, 0) is 6.54 Å². The lowest BCUT2D eigenvalue weighted by atomic mass is 10.0. The van der Waals surface area contributed by atoms with Crippen molar-refractivity contribution in [2.24, 2.45) is 0 Å². The minimum absolute atomic E-state index is 0.0799. The van der Waals surface area contributed by atoms with Crippen molar-refractivity contribution in [1.29, 1.82) is 0 Å². The first kappa shape index (κ1) is 25.1. The molecule has 3 aromatic rings. The van der Waals surface area contributed by atoms with Gasteiger partial charge in [-0.3, -0.25) is 14.5 Å². The van der Waals surface area contributed by atoms with Gasteiger partial charge >= 0.3 is 0 Å². The molecule has 0 unspecified atom stereocenters. The molecule has 2 aliphatic rings. The van der Waals surface area contributed by atoms with Gasteiger partial charge < -0.3 is 19.9 Å². The summed E-state index contributed by atoms with van der Waals surface area (Å²) in [6.45, 7) is 4.93. The Hall–Kier alpha value is -3.55. The highest BCUT2D eigenvalue weighted by molar-refractivity contribution is 6.33. The second-order valence-electron chi connectivity index (χ2n) is 9.43. The van der Waals surface area contributed by atoms with E-state index in [4.69, 9.17) is 16.3 Å². The first-order valence-corrected chi connectivity index (χ1v) is 12.9. The number of carbonyl (C=O) groups excluding carboxylic acids is 2. The van der Waals surface area contributed by atoms with E-state index in [0.717, 1.165) is 29.9 Å². The van der Waals surface area contributed by atoms with Crippen LogP contribution in [0.1, 0.15) is 26.3 Å². The van der Waals surface area contributed by atoms with Crippen LogP contribution >= 0.6 is 11.6 Å². The quantitative estimate of drug-likeness (QED) is 0.507. The van der Waals surface area contributed by atoms with Gasteiger partial charge in [-0.25, -0.2) is 0 Å². The molecule has 0 bridgehead atoms. The van der Waals surface area contributed by atoms with Crippen LogP contribution in [0.3, 0.4) is 0 Å². The van der Waals surface area contributed by atoms with Crippen molar-refractivity contribution in [3.05, 3.63) is 94.5 Å². The van der Waals surface area contributed by atoms with E-state index >= 15 is 0 Å². The summed E-state index contributed by atoms with van der Waals surface area (Å²) in [6, 6.07) is 23.2. The van der Waals surface area contributed by atoms with E-state index in [1.54, 1.807) is 19.2 Å². The molecule has 0 aromatic heterocycles. The number of carbonyl (C=O) groups is 2. The lowest BCUT2D eigenvalue weighted by Gasteiger charge is -2.48. The van der Waals surface area contributed by atoms with Crippen LogP contribution in [0, 0.1) is 0 Å². The highest BCUT2D eigenvalue weighted by Crippen LogP contribution is 2.33. The van der Waals surface area contributed by atoms with Crippen LogP contribution in [0.25, 0.3) is 0 Å². The molecular weight excluding hydrogens is 488 g/mol. The fraction of sp³-hybridized carbons (Fsp3) is 0.310. The number of hydrogen-bond donors (Lipinski definition) is 1. The van der Waals surface area contributed by atoms with Gasteiger partial charge in [-0.05, 0) is 23.8 Å². The Bertz CT molecular complexity index is 1240. The van der Waals surface area contributed by atoms with Crippen molar-refractivity contribution in [2.45, 2.75) is 12.6 Å². The van der Waals surface area contributed by atoms with Crippen molar-refractivity contribution < 1.29 is 14.3 Å². The predicted molar refractivity (Wildman–Crippen MR) is 145 cm³/mol. The van der Waals surface area contributed by atoms with Gasteiger partial charge in [0.25, 0.3) is 11.8 Å². The summed E-state index contributed by atoms with van der Waals surface area (Å²) in [5.41, 5.74) is 3.05. The van der Waals surface area contributed by atoms with Crippen LogP contribution in [0.2, 0.25) is 5.02 Å². The molecule has 8 heteroatoms. The molecular formula is C29H31ClN4O3. The summed E-state index contributed by atoms with van der Waals surface area (Å²) in [5.74, 6) is 0.500. The Morgan fingerprint density at radius 1 is 0.892 bits per heavy atom. The normalized spacial score (nSPS) is 16.3. The first-order valence-electron chi connectivity index (χ1n) is 12.6. The SMILES string of the molecule is COc1cc(NCc2ccccc2)c(Cl)cc1C(=O)N1CC(N2CCN(C(=O)c3ccccc3)CC2)C1. The number of likely N-dealkylation sites (tertiary alicyclic amines) is 1. The van der Waals surface area contributed by atoms with E-state index in [1.807, 2.05) is 70.5 Å². The van der Waals surface area contributed by atoms with Crippen molar-refractivity contribution in [3.63, 3.8) is 0 Å². The number of hydrogen-bond acceptors (Lipinski definition) is 5. The molecule has 0 spiro atoms. The number of anilines is 1. The zero-order valence-electron chi connectivity index (χ0n) is 20.9. The number of nitrogens with one attached hydrogen (secondary N) is 1. The third kappa shape index (κ3) is 5.58. The largest absolute Gasteiger partial charge is 0.496 e. The maximum Gasteiger partial charge on any atom is 0.257 e. The number of ether oxygens (including phenoxy) is 1. The summed E-state index contributed by atoms with van der Waals surface area (Å²) in [5, 5.41) is 3.81. The number of amides is 2. The van der Waals surface area contributed by atoms with Gasteiger partial charge in [0, 0.05) is 63.5 Å². The third-order valence-electron chi connectivity index (χ3n) is 7.13. The van der Waals surface area contributed by atoms with Crippen LogP contribution in [0.5, 0.6) is 5.75 Å². The Kier molecular flexibility index (Phi) is 7.63. The van der Waals surface area contributed by atoms with E-state index in [-0.39, 0.29) is 11.8 Å². The molecule has 192 valence electrons. The summed E-state index contributed by atoms with van der Waals surface area (Å²) in [4.78, 5) is 32.1. The average molecular weight is 519 g/mol. The van der Waals surface area contributed by atoms with Gasteiger partial charge in [0.15, 0.2) is 0 Å². The molecule has 1 N–H and O–H groups in total. The summed E-state index contributed by atoms with van der Waals surface area (Å²) >= 11 is 6.54. The second kappa shape index (κ2) is 11.2. The lowest BCUT2D eigenvalue weighted by Crippen LogP contribution is -2.64. The molecule has 2 saturated heterocycles. The van der Waals surface area contributed by atoms with Crippen molar-refractivity contribution in [1.82, 2.24) is 14.7 Å². The summed E-state index contributed by atoms with van der Waals surface area (Å²) < 4.78 is 5.55. The van der Waals surface area contributed by atoms with E-state index in [9.17, 15) is 9.59 Å². The smallest absolute Gasteiger partial charge is 0.257 e. The molecule has 5 rings (SSSR count). The molecule has 2 amide bonds. The minimum Gasteiger partial charge on any atom is -0.496 e. The lowest BCUT2D eigenvalue weighted by molar-refractivity contribution is 0.00840. The second-order valence-corrected chi connectivity index (χ2v) is 9.84. The van der Waals surface area contributed by atoms with Gasteiger partial charge in [-0.15, -0.1) is 0 Å². The average Bonchev–Trinajstić information content (AvgIpc) is 2.92. The number of halogens is 1. The summed E-state index contributed by atoms with van der Waals surface area (Å²) in [6.07, 6.45) is 0. The maximum absolute atomic E-state index is 13.3. The van der Waals surface area contributed by atoms with Crippen LogP contribution < -0.4 is 10.1 Å². The Morgan fingerprint density at radius 2 is 1.54 bits per heavy atom. The van der Waals surface area contributed by atoms with Gasteiger partial charge in [0.05, 0.1) is 23.4 Å². The molecule has 3 aromatic carbocycles. The van der Waals surface area contributed by atoms with Crippen LogP contribution in [0.4, 0.5) is 5.69 Å². The predicted octanol–water partition coefficient (Wildman–Crippen LogP) is 4.24. The van der Waals surface area contributed by atoms with E-state index in [1.165, 1.54) is 0 Å². The fourth-order valence-electron chi connectivity index (χ4n) is 4.89.